The maximum atomic E-state index is 14.4. The smallest absolute Gasteiger partial charge is 0.310 e. The Morgan fingerprint density at radius 1 is 0.963 bits per heavy atom. The molecule has 2 aromatic rings. The molecule has 2 N–H and O–H groups in total. The second-order valence-corrected chi connectivity index (χ2v) is 6.64. The number of nitrogens with one attached hydrogen (secondary N) is 1. The van der Waals surface area contributed by atoms with Gasteiger partial charge >= 0.3 is 5.97 Å². The summed E-state index contributed by atoms with van der Waals surface area (Å²) in [5.41, 5.74) is -1.47. The van der Waals surface area contributed by atoms with Crippen LogP contribution in [0.3, 0.4) is 0 Å². The van der Waals surface area contributed by atoms with Crippen molar-refractivity contribution in [3.8, 4) is 0 Å². The lowest BCUT2D eigenvalue weighted by Gasteiger charge is -2.35. The summed E-state index contributed by atoms with van der Waals surface area (Å²) in [4.78, 5) is 26.0. The molecule has 0 bridgehead atoms. The molecule has 2 aromatic carbocycles. The molecule has 3 rings (SSSR count). The molecule has 1 saturated heterocycles. The monoisotopic (exact) mass is 374 g/mol. The minimum Gasteiger partial charge on any atom is -0.481 e. The predicted octanol–water partition coefficient (Wildman–Crippen LogP) is 3.47. The number of carbonyl (C=O) groups excluding carboxylic acids is 1. The predicted molar refractivity (Wildman–Crippen MR) is 96.7 cm³/mol. The molecule has 1 heterocycles. The number of para-hydroxylation sites is 2. The van der Waals surface area contributed by atoms with Crippen LogP contribution in [0.1, 0.15) is 19.3 Å². The highest BCUT2D eigenvalue weighted by molar-refractivity contribution is 6.02. The Bertz CT molecular complexity index is 805. The van der Waals surface area contributed by atoms with E-state index in [1.165, 1.54) is 48.5 Å². The van der Waals surface area contributed by atoms with Crippen LogP contribution in [-0.4, -0.2) is 30.1 Å². The van der Waals surface area contributed by atoms with Gasteiger partial charge in [-0.25, -0.2) is 8.78 Å². The third kappa shape index (κ3) is 3.83. The molecule has 5 nitrogen and oxygen atoms in total. The molecule has 1 amide bonds. The van der Waals surface area contributed by atoms with Crippen LogP contribution in [0.25, 0.3) is 0 Å². The summed E-state index contributed by atoms with van der Waals surface area (Å²) in [6, 6.07) is 11.1. The van der Waals surface area contributed by atoms with Gasteiger partial charge < -0.3 is 10.4 Å². The maximum absolute atomic E-state index is 14.4. The highest BCUT2D eigenvalue weighted by atomic mass is 19.1. The van der Waals surface area contributed by atoms with Crippen molar-refractivity contribution in [3.63, 3.8) is 0 Å². The van der Waals surface area contributed by atoms with Crippen molar-refractivity contribution in [2.75, 3.05) is 18.0 Å². The largest absolute Gasteiger partial charge is 0.481 e. The van der Waals surface area contributed by atoms with Crippen molar-refractivity contribution in [1.29, 1.82) is 0 Å². The molecule has 0 aliphatic carbocycles. The third-order valence-corrected chi connectivity index (χ3v) is 4.94. The van der Waals surface area contributed by atoms with E-state index >= 15 is 0 Å². The average Bonchev–Trinajstić information content (AvgIpc) is 2.65. The van der Waals surface area contributed by atoms with E-state index < -0.39 is 28.9 Å². The van der Waals surface area contributed by atoms with Crippen LogP contribution >= 0.6 is 0 Å². The lowest BCUT2D eigenvalue weighted by Crippen LogP contribution is -2.45. The molecule has 1 fully saturated rings. The van der Waals surface area contributed by atoms with Crippen LogP contribution in [0, 0.1) is 17.0 Å². The lowest BCUT2D eigenvalue weighted by molar-refractivity contribution is -0.153. The Labute approximate surface area is 155 Å². The van der Waals surface area contributed by atoms with E-state index in [0.717, 1.165) is 4.90 Å². The fourth-order valence-electron chi connectivity index (χ4n) is 3.40. The quantitative estimate of drug-likeness (QED) is 0.841. The molecule has 0 aromatic heterocycles. The molecule has 7 heteroatoms. The number of aliphatic carboxylic acids is 1. The fourth-order valence-corrected chi connectivity index (χ4v) is 3.40. The Morgan fingerprint density at radius 3 is 1.89 bits per heavy atom. The maximum Gasteiger partial charge on any atom is 0.310 e. The standard InChI is InChI=1S/C20H20F2N2O3/c21-14-5-1-3-7-16(14)24(17-8-4-2-6-15(17)22)18(25)13-20(19(26)27)9-11-23-12-10-20/h1-8,23H,9-13H2,(H,26,27). The van der Waals surface area contributed by atoms with Gasteiger partial charge in [-0.15, -0.1) is 0 Å². The second-order valence-electron chi connectivity index (χ2n) is 6.64. The van der Waals surface area contributed by atoms with Crippen LogP contribution in [0.15, 0.2) is 48.5 Å². The van der Waals surface area contributed by atoms with Gasteiger partial charge in [0.1, 0.15) is 11.6 Å². The molecule has 1 aliphatic heterocycles. The zero-order chi connectivity index (χ0) is 19.4. The zero-order valence-corrected chi connectivity index (χ0v) is 14.6. The Kier molecular flexibility index (Phi) is 5.51. The van der Waals surface area contributed by atoms with Crippen LogP contribution in [-0.2, 0) is 9.59 Å². The number of carboxylic acids is 1. The van der Waals surface area contributed by atoms with Gasteiger partial charge in [0.25, 0.3) is 0 Å². The zero-order valence-electron chi connectivity index (χ0n) is 14.6. The number of piperidine rings is 1. The number of hydrogen-bond donors (Lipinski definition) is 2. The van der Waals surface area contributed by atoms with Crippen molar-refractivity contribution in [2.45, 2.75) is 19.3 Å². The van der Waals surface area contributed by atoms with Crippen molar-refractivity contribution < 1.29 is 23.5 Å². The van der Waals surface area contributed by atoms with Gasteiger partial charge in [-0.1, -0.05) is 24.3 Å². The van der Waals surface area contributed by atoms with E-state index in [1.807, 2.05) is 0 Å². The Morgan fingerprint density at radius 2 is 1.44 bits per heavy atom. The van der Waals surface area contributed by atoms with E-state index in [-0.39, 0.29) is 30.6 Å². The normalized spacial score (nSPS) is 15.9. The van der Waals surface area contributed by atoms with Gasteiger partial charge in [0, 0.05) is 6.42 Å². The molecule has 27 heavy (non-hydrogen) atoms. The summed E-state index contributed by atoms with van der Waals surface area (Å²) in [6.45, 7) is 0.942. The van der Waals surface area contributed by atoms with Crippen LogP contribution in [0.5, 0.6) is 0 Å². The van der Waals surface area contributed by atoms with Crippen LogP contribution < -0.4 is 10.2 Å². The molecular formula is C20H20F2N2O3. The van der Waals surface area contributed by atoms with Crippen molar-refractivity contribution in [3.05, 3.63) is 60.2 Å². The summed E-state index contributed by atoms with van der Waals surface area (Å²) in [6.07, 6.45) is 0.208. The molecule has 142 valence electrons. The van der Waals surface area contributed by atoms with E-state index in [0.29, 0.717) is 13.1 Å². The van der Waals surface area contributed by atoms with Gasteiger partial charge in [-0.2, -0.15) is 0 Å². The summed E-state index contributed by atoms with van der Waals surface area (Å²) in [5, 5.41) is 12.8. The first-order valence-electron chi connectivity index (χ1n) is 8.71. The first-order valence-corrected chi connectivity index (χ1v) is 8.71. The SMILES string of the molecule is O=C(CC1(C(=O)O)CCNCC1)N(c1ccccc1F)c1ccccc1F. The molecule has 0 atom stereocenters. The lowest BCUT2D eigenvalue weighted by atomic mass is 9.75. The van der Waals surface area contributed by atoms with E-state index in [4.69, 9.17) is 0 Å². The molecule has 1 aliphatic rings. The molecule has 0 unspecified atom stereocenters. The number of anilines is 2. The molecule has 0 spiro atoms. The minimum atomic E-state index is -1.25. The van der Waals surface area contributed by atoms with Gasteiger partial charge in [0.2, 0.25) is 5.91 Å². The Hall–Kier alpha value is -2.80. The van der Waals surface area contributed by atoms with Gasteiger partial charge in [-0.3, -0.25) is 14.5 Å². The third-order valence-electron chi connectivity index (χ3n) is 4.94. The molecule has 0 radical (unpaired) electrons. The number of nitrogens with zero attached hydrogens (tertiary/aromatic N) is 1. The minimum absolute atomic E-state index is 0.109. The number of benzene rings is 2. The van der Waals surface area contributed by atoms with Gasteiger partial charge in [0.05, 0.1) is 16.8 Å². The van der Waals surface area contributed by atoms with Gasteiger partial charge in [-0.05, 0) is 50.2 Å². The van der Waals surface area contributed by atoms with Gasteiger partial charge in [0.15, 0.2) is 0 Å². The Balaban J connectivity index is 2.03. The molecular weight excluding hydrogens is 354 g/mol. The first kappa shape index (κ1) is 19.0. The van der Waals surface area contributed by atoms with E-state index in [2.05, 4.69) is 5.32 Å². The topological polar surface area (TPSA) is 69.6 Å². The van der Waals surface area contributed by atoms with E-state index in [1.54, 1.807) is 0 Å². The van der Waals surface area contributed by atoms with Crippen molar-refractivity contribution in [1.82, 2.24) is 5.32 Å². The highest BCUT2D eigenvalue weighted by Crippen LogP contribution is 2.37. The van der Waals surface area contributed by atoms with Crippen molar-refractivity contribution in [2.24, 2.45) is 5.41 Å². The fraction of sp³-hybridized carbons (Fsp3) is 0.300. The average molecular weight is 374 g/mol. The van der Waals surface area contributed by atoms with Crippen LogP contribution in [0.4, 0.5) is 20.2 Å². The summed E-state index contributed by atoms with van der Waals surface area (Å²) < 4.78 is 28.8. The number of hydrogen-bond acceptors (Lipinski definition) is 3. The van der Waals surface area contributed by atoms with Crippen LogP contribution in [0.2, 0.25) is 0 Å². The number of amides is 1. The first-order chi connectivity index (χ1) is 12.9. The summed E-state index contributed by atoms with van der Waals surface area (Å²) >= 11 is 0. The number of carboxylic acid groups (broad SMARTS) is 1. The number of rotatable bonds is 5. The number of halogens is 2. The highest BCUT2D eigenvalue weighted by Gasteiger charge is 2.43. The number of carbonyl (C=O) groups is 2. The summed E-state index contributed by atoms with van der Waals surface area (Å²) in [5.74, 6) is -3.11. The van der Waals surface area contributed by atoms with Crippen molar-refractivity contribution >= 4 is 23.3 Å². The molecule has 0 saturated carbocycles. The van der Waals surface area contributed by atoms with E-state index in [9.17, 15) is 23.5 Å². The summed E-state index contributed by atoms with van der Waals surface area (Å²) in [7, 11) is 0. The second kappa shape index (κ2) is 7.84.